The van der Waals surface area contributed by atoms with Crippen LogP contribution in [-0.4, -0.2) is 13.3 Å². The number of nitrogens with zero attached hydrogens (tertiary/aromatic N) is 1. The van der Waals surface area contributed by atoms with Crippen LogP contribution in [0.5, 0.6) is 0 Å². The van der Waals surface area contributed by atoms with E-state index in [0.717, 1.165) is 6.07 Å². The van der Waals surface area contributed by atoms with Crippen molar-refractivity contribution in [1.29, 1.82) is 0 Å². The molecular formula is C7H7ClN2O4S. The van der Waals surface area contributed by atoms with Gasteiger partial charge >= 0.3 is 0 Å². The molecule has 82 valence electrons. The van der Waals surface area contributed by atoms with E-state index < -0.39 is 20.7 Å². The molecule has 1 aromatic carbocycles. The summed E-state index contributed by atoms with van der Waals surface area (Å²) in [5.74, 6) is -0.583. The van der Waals surface area contributed by atoms with Crippen molar-refractivity contribution in [3.63, 3.8) is 0 Å². The first kappa shape index (κ1) is 11.9. The Morgan fingerprint density at radius 1 is 1.47 bits per heavy atom. The Morgan fingerprint density at radius 2 is 2.07 bits per heavy atom. The minimum atomic E-state index is -3.79. The summed E-state index contributed by atoms with van der Waals surface area (Å²) in [7, 11) is -3.79. The second-order valence-corrected chi connectivity index (χ2v) is 4.89. The summed E-state index contributed by atoms with van der Waals surface area (Å²) in [5.41, 5.74) is -0.330. The lowest BCUT2D eigenvalue weighted by molar-refractivity contribution is -0.385. The van der Waals surface area contributed by atoms with Crippen LogP contribution >= 0.6 is 11.6 Å². The van der Waals surface area contributed by atoms with E-state index in [2.05, 4.69) is 0 Å². The number of nitro benzene ring substituents is 1. The molecule has 1 aromatic rings. The van der Waals surface area contributed by atoms with Crippen LogP contribution < -0.4 is 5.14 Å². The molecule has 6 nitrogen and oxygen atoms in total. The number of nitrogens with two attached hydrogens (primary N) is 1. The Balaban J connectivity index is 3.24. The van der Waals surface area contributed by atoms with Crippen molar-refractivity contribution < 1.29 is 13.3 Å². The molecule has 0 amide bonds. The highest BCUT2D eigenvalue weighted by Crippen LogP contribution is 2.24. The van der Waals surface area contributed by atoms with Crippen LogP contribution in [0.2, 0.25) is 5.02 Å². The van der Waals surface area contributed by atoms with Crippen LogP contribution in [0.4, 0.5) is 5.69 Å². The number of benzene rings is 1. The molecule has 0 spiro atoms. The van der Waals surface area contributed by atoms with Gasteiger partial charge < -0.3 is 0 Å². The van der Waals surface area contributed by atoms with Gasteiger partial charge in [-0.25, -0.2) is 13.6 Å². The van der Waals surface area contributed by atoms with Crippen LogP contribution in [0, 0.1) is 10.1 Å². The molecule has 2 N–H and O–H groups in total. The summed E-state index contributed by atoms with van der Waals surface area (Å²) in [6.45, 7) is 0. The second-order valence-electron chi connectivity index (χ2n) is 2.84. The molecule has 0 bridgehead atoms. The summed E-state index contributed by atoms with van der Waals surface area (Å²) in [4.78, 5) is 9.87. The van der Waals surface area contributed by atoms with Gasteiger partial charge in [-0.15, -0.1) is 0 Å². The maximum atomic E-state index is 10.8. The highest BCUT2D eigenvalue weighted by atomic mass is 35.5. The van der Waals surface area contributed by atoms with Crippen molar-refractivity contribution >= 4 is 27.3 Å². The van der Waals surface area contributed by atoms with E-state index in [4.69, 9.17) is 16.7 Å². The van der Waals surface area contributed by atoms with Crippen LogP contribution in [0.1, 0.15) is 5.56 Å². The Bertz CT molecular complexity index is 500. The van der Waals surface area contributed by atoms with Gasteiger partial charge in [-0.2, -0.15) is 0 Å². The van der Waals surface area contributed by atoms with E-state index in [-0.39, 0.29) is 16.3 Å². The molecule has 0 saturated carbocycles. The third kappa shape index (κ3) is 3.46. The molecule has 0 aliphatic rings. The molecular weight excluding hydrogens is 244 g/mol. The smallest absolute Gasteiger partial charge is 0.258 e. The molecule has 0 radical (unpaired) electrons. The fraction of sp³-hybridized carbons (Fsp3) is 0.143. The van der Waals surface area contributed by atoms with Gasteiger partial charge in [0.15, 0.2) is 0 Å². The normalized spacial score (nSPS) is 11.3. The van der Waals surface area contributed by atoms with Crippen LogP contribution in [0.15, 0.2) is 18.2 Å². The van der Waals surface area contributed by atoms with Gasteiger partial charge in [0, 0.05) is 16.7 Å². The van der Waals surface area contributed by atoms with Gasteiger partial charge in [0.05, 0.1) is 10.7 Å². The molecule has 0 aromatic heterocycles. The third-order valence-electron chi connectivity index (χ3n) is 1.60. The third-order valence-corrected chi connectivity index (χ3v) is 2.55. The lowest BCUT2D eigenvalue weighted by Gasteiger charge is -2.01. The molecule has 0 saturated heterocycles. The summed E-state index contributed by atoms with van der Waals surface area (Å²) in [5, 5.41) is 15.5. The lowest BCUT2D eigenvalue weighted by Crippen LogP contribution is -2.15. The number of sulfonamides is 1. The Hall–Kier alpha value is -1.18. The van der Waals surface area contributed by atoms with E-state index >= 15 is 0 Å². The quantitative estimate of drug-likeness (QED) is 0.639. The van der Waals surface area contributed by atoms with Crippen molar-refractivity contribution in [2.75, 3.05) is 0 Å². The monoisotopic (exact) mass is 250 g/mol. The number of hydrogen-bond donors (Lipinski definition) is 1. The lowest BCUT2D eigenvalue weighted by atomic mass is 10.2. The fourth-order valence-electron chi connectivity index (χ4n) is 1.05. The zero-order chi connectivity index (χ0) is 11.6. The predicted molar refractivity (Wildman–Crippen MR) is 54.9 cm³/mol. The Kier molecular flexibility index (Phi) is 3.28. The minimum Gasteiger partial charge on any atom is -0.258 e. The van der Waals surface area contributed by atoms with Gasteiger partial charge in [-0.3, -0.25) is 10.1 Å². The van der Waals surface area contributed by atoms with Crippen molar-refractivity contribution in [3.05, 3.63) is 38.9 Å². The first-order valence-corrected chi connectivity index (χ1v) is 5.82. The summed E-state index contributed by atoms with van der Waals surface area (Å²) in [6.07, 6.45) is 0. The van der Waals surface area contributed by atoms with Gasteiger partial charge in [0.2, 0.25) is 10.0 Å². The van der Waals surface area contributed by atoms with Crippen LogP contribution in [0.3, 0.4) is 0 Å². The van der Waals surface area contributed by atoms with Crippen molar-refractivity contribution in [2.45, 2.75) is 5.75 Å². The van der Waals surface area contributed by atoms with E-state index in [1.807, 2.05) is 0 Å². The Morgan fingerprint density at radius 3 is 2.53 bits per heavy atom. The van der Waals surface area contributed by atoms with Gasteiger partial charge in [0.25, 0.3) is 5.69 Å². The van der Waals surface area contributed by atoms with Crippen LogP contribution in [-0.2, 0) is 15.8 Å². The van der Waals surface area contributed by atoms with Crippen molar-refractivity contribution in [1.82, 2.24) is 0 Å². The van der Waals surface area contributed by atoms with E-state index in [1.54, 1.807) is 0 Å². The molecule has 8 heteroatoms. The highest BCUT2D eigenvalue weighted by molar-refractivity contribution is 7.88. The standard InChI is InChI=1S/C7H7ClN2O4S/c8-6-2-1-5(4-15(9,13)14)7(3-6)10(11)12/h1-3H,4H2,(H2,9,13,14). The summed E-state index contributed by atoms with van der Waals surface area (Å²) in [6, 6.07) is 3.72. The molecule has 0 heterocycles. The topological polar surface area (TPSA) is 103 Å². The Labute approximate surface area is 90.9 Å². The average molecular weight is 251 g/mol. The summed E-state index contributed by atoms with van der Waals surface area (Å²) < 4.78 is 21.6. The van der Waals surface area contributed by atoms with E-state index in [9.17, 15) is 18.5 Å². The zero-order valence-electron chi connectivity index (χ0n) is 7.38. The maximum Gasteiger partial charge on any atom is 0.275 e. The first-order valence-electron chi connectivity index (χ1n) is 3.73. The van der Waals surface area contributed by atoms with Gasteiger partial charge in [-0.1, -0.05) is 11.6 Å². The van der Waals surface area contributed by atoms with Gasteiger partial charge in [0.1, 0.15) is 0 Å². The summed E-state index contributed by atoms with van der Waals surface area (Å²) >= 11 is 5.55. The molecule has 0 unspecified atom stereocenters. The number of rotatable bonds is 3. The number of hydrogen-bond acceptors (Lipinski definition) is 4. The van der Waals surface area contributed by atoms with Crippen LogP contribution in [0.25, 0.3) is 0 Å². The molecule has 0 aliphatic carbocycles. The first-order chi connectivity index (χ1) is 6.79. The second kappa shape index (κ2) is 4.13. The number of halogens is 1. The highest BCUT2D eigenvalue weighted by Gasteiger charge is 2.18. The zero-order valence-corrected chi connectivity index (χ0v) is 8.96. The SMILES string of the molecule is NS(=O)(=O)Cc1ccc(Cl)cc1[N+](=O)[O-]. The van der Waals surface area contributed by atoms with Gasteiger partial charge in [-0.05, 0) is 12.1 Å². The predicted octanol–water partition coefficient (Wildman–Crippen LogP) is 1.04. The molecule has 0 fully saturated rings. The average Bonchev–Trinajstić information content (AvgIpc) is 2.05. The minimum absolute atomic E-state index is 0.0203. The molecule has 15 heavy (non-hydrogen) atoms. The molecule has 1 rings (SSSR count). The number of nitro groups is 1. The van der Waals surface area contributed by atoms with Crippen molar-refractivity contribution in [2.24, 2.45) is 5.14 Å². The van der Waals surface area contributed by atoms with E-state index in [1.165, 1.54) is 12.1 Å². The largest absolute Gasteiger partial charge is 0.275 e. The van der Waals surface area contributed by atoms with Crippen molar-refractivity contribution in [3.8, 4) is 0 Å². The maximum absolute atomic E-state index is 10.8. The molecule has 0 atom stereocenters. The fourth-order valence-corrected chi connectivity index (χ4v) is 1.89. The van der Waals surface area contributed by atoms with E-state index in [0.29, 0.717) is 0 Å². The molecule has 0 aliphatic heterocycles. The number of primary sulfonamides is 1.